The number of ether oxygens (including phenoxy) is 3. The third-order valence-corrected chi connectivity index (χ3v) is 11.4. The van der Waals surface area contributed by atoms with E-state index in [0.29, 0.717) is 19.5 Å². The van der Waals surface area contributed by atoms with Crippen LogP contribution in [0.2, 0.25) is 10.3 Å². The lowest BCUT2D eigenvalue weighted by Crippen LogP contribution is -2.53. The lowest BCUT2D eigenvalue weighted by molar-refractivity contribution is -0.144. The topological polar surface area (TPSA) is 148 Å². The second-order valence-corrected chi connectivity index (χ2v) is 14.6. The molecule has 0 saturated carbocycles. The first-order valence-electron chi connectivity index (χ1n) is 17.5. The Kier molecular flexibility index (Phi) is 8.87. The summed E-state index contributed by atoms with van der Waals surface area (Å²) in [5.74, 6) is -3.62. The number of carbonyl (C=O) groups excluding carboxylic acids is 3. The van der Waals surface area contributed by atoms with Crippen LogP contribution in [0.15, 0.2) is 33.9 Å². The van der Waals surface area contributed by atoms with E-state index in [1.165, 1.54) is 52.0 Å². The first-order valence-corrected chi connectivity index (χ1v) is 18.3. The zero-order valence-electron chi connectivity index (χ0n) is 29.3. The first-order chi connectivity index (χ1) is 25.8. The molecule has 54 heavy (non-hydrogen) atoms. The van der Waals surface area contributed by atoms with Crippen LogP contribution in [0.25, 0.3) is 22.3 Å². The molecule has 4 atom stereocenters. The number of aromatic nitrogens is 4. The van der Waals surface area contributed by atoms with Crippen molar-refractivity contribution in [2.45, 2.75) is 84.0 Å². The Balaban J connectivity index is 1.11. The molecule has 4 aliphatic rings. The van der Waals surface area contributed by atoms with Crippen molar-refractivity contribution in [3.05, 3.63) is 66.9 Å². The number of anilines is 2. The summed E-state index contributed by atoms with van der Waals surface area (Å²) in [5, 5.41) is 2.72. The number of amides is 2. The smallest absolute Gasteiger partial charge is 0.328 e. The van der Waals surface area contributed by atoms with Crippen LogP contribution in [0.3, 0.4) is 0 Å². The molecular formula is C36H34Cl2F2N6O8. The second-order valence-electron chi connectivity index (χ2n) is 13.9. The van der Waals surface area contributed by atoms with E-state index in [4.69, 9.17) is 37.4 Å². The molecule has 284 valence electrons. The molecule has 14 nitrogen and oxygen atoms in total. The minimum absolute atomic E-state index is 0.000754. The van der Waals surface area contributed by atoms with E-state index in [1.807, 2.05) is 0 Å². The molecule has 18 heteroatoms. The maximum Gasteiger partial charge on any atom is 0.328 e. The lowest BCUT2D eigenvalue weighted by Gasteiger charge is -2.38. The third-order valence-electron chi connectivity index (χ3n) is 10.6. The molecular weight excluding hydrogens is 753 g/mol. The summed E-state index contributed by atoms with van der Waals surface area (Å²) in [6.07, 6.45) is 0.0322. The van der Waals surface area contributed by atoms with Crippen molar-refractivity contribution in [3.8, 4) is 33.8 Å². The highest BCUT2D eigenvalue weighted by molar-refractivity contribution is 6.32. The van der Waals surface area contributed by atoms with E-state index >= 15 is 8.78 Å². The van der Waals surface area contributed by atoms with Crippen LogP contribution in [0.1, 0.15) is 39.5 Å². The number of hydrogen-bond donors (Lipinski definition) is 1. The van der Waals surface area contributed by atoms with Crippen molar-refractivity contribution >= 4 is 52.4 Å². The summed E-state index contributed by atoms with van der Waals surface area (Å²) >= 11 is 13.3. The Morgan fingerprint density at radius 3 is 2.17 bits per heavy atom. The molecule has 2 amide bonds. The van der Waals surface area contributed by atoms with Gasteiger partial charge >= 0.3 is 5.97 Å². The monoisotopic (exact) mass is 786 g/mol. The molecule has 0 fully saturated rings. The number of halogens is 4. The van der Waals surface area contributed by atoms with Crippen molar-refractivity contribution < 1.29 is 37.4 Å². The molecule has 8 rings (SSSR count). The van der Waals surface area contributed by atoms with Crippen LogP contribution in [0, 0.1) is 17.6 Å². The molecule has 0 radical (unpaired) electrons. The van der Waals surface area contributed by atoms with E-state index in [2.05, 4.69) is 5.32 Å². The van der Waals surface area contributed by atoms with Crippen LogP contribution in [-0.2, 0) is 45.3 Å². The molecule has 6 heterocycles. The van der Waals surface area contributed by atoms with Gasteiger partial charge in [-0.25, -0.2) is 22.9 Å². The summed E-state index contributed by atoms with van der Waals surface area (Å²) in [7, 11) is 1.18. The zero-order chi connectivity index (χ0) is 38.3. The van der Waals surface area contributed by atoms with Crippen LogP contribution in [-0.4, -0.2) is 61.9 Å². The second kappa shape index (κ2) is 13.3. The summed E-state index contributed by atoms with van der Waals surface area (Å²) in [4.78, 5) is 67.7. The number of benzene rings is 2. The number of hydrogen-bond acceptors (Lipinski definition) is 8. The number of methoxy groups -OCH3 is 1. The fraction of sp³-hybridized carbons (Fsp3) is 0.417. The molecule has 0 aliphatic carbocycles. The van der Waals surface area contributed by atoms with Crippen LogP contribution < -0.4 is 30.8 Å². The van der Waals surface area contributed by atoms with E-state index in [-0.39, 0.29) is 80.9 Å². The number of esters is 1. The highest BCUT2D eigenvalue weighted by Gasteiger charge is 2.43. The molecule has 2 unspecified atom stereocenters. The highest BCUT2D eigenvalue weighted by Crippen LogP contribution is 2.43. The van der Waals surface area contributed by atoms with Gasteiger partial charge in [0, 0.05) is 49.4 Å². The van der Waals surface area contributed by atoms with Gasteiger partial charge in [0.25, 0.3) is 22.9 Å². The van der Waals surface area contributed by atoms with Crippen molar-refractivity contribution in [2.24, 2.45) is 5.92 Å². The summed E-state index contributed by atoms with van der Waals surface area (Å²) in [5.41, 5.74) is -1.22. The van der Waals surface area contributed by atoms with Crippen molar-refractivity contribution in [1.29, 1.82) is 0 Å². The lowest BCUT2D eigenvalue weighted by atomic mass is 9.94. The van der Waals surface area contributed by atoms with Crippen LogP contribution in [0.4, 0.5) is 20.2 Å². The SMILES string of the molecule is COC(=O)C(C)N1C(=O)[C@H](CC2CCn3c(Cl)c(-c4cc5c(cc4F)O[C@@H](C)C(=O)N5)c(=O)n3C2)Oc2cc(F)c(-c3c(Cl)n4n(c3=O)CCCC4)cc21. The quantitative estimate of drug-likeness (QED) is 0.274. The Hall–Kier alpha value is -5.09. The van der Waals surface area contributed by atoms with Crippen molar-refractivity contribution in [1.82, 2.24) is 18.7 Å². The maximum atomic E-state index is 16.0. The average Bonchev–Trinajstić information content (AvgIpc) is 3.55. The number of nitrogens with zero attached hydrogens (tertiary/aromatic N) is 5. The zero-order valence-corrected chi connectivity index (χ0v) is 30.8. The molecule has 0 spiro atoms. The molecule has 4 aromatic rings. The standard InChI is InChI=1S/C36H34Cl2F2N6O8/c1-16(36(51)52-3)46-24-12-20(29-30(37)42-7-4-5-8-44(42)34(29)49)22(40)14-26(24)54-27(33(46)48)10-18-6-9-43-31(38)28(35(50)45(43)15-18)19-11-23-25(13-21(19)39)53-17(2)32(47)41-23/h11-14,16-18,27H,4-10,15H2,1-3H3,(H,41,47)/t16?,17-,18?,27-/m0/s1. The normalized spacial score (nSPS) is 20.9. The summed E-state index contributed by atoms with van der Waals surface area (Å²) < 4.78 is 54.0. The number of fused-ring (bicyclic) bond motifs is 4. The number of nitrogens with one attached hydrogen (secondary N) is 1. The largest absolute Gasteiger partial charge is 0.479 e. The third kappa shape index (κ3) is 5.60. The molecule has 2 aromatic heterocycles. The summed E-state index contributed by atoms with van der Waals surface area (Å²) in [6, 6.07) is 3.60. The van der Waals surface area contributed by atoms with Gasteiger partial charge < -0.3 is 19.5 Å². The highest BCUT2D eigenvalue weighted by atomic mass is 35.5. The fourth-order valence-electron chi connectivity index (χ4n) is 7.82. The molecule has 0 saturated heterocycles. The van der Waals surface area contributed by atoms with Gasteiger partial charge in [0.05, 0.1) is 29.6 Å². The van der Waals surface area contributed by atoms with Gasteiger partial charge in [0.15, 0.2) is 12.2 Å². The van der Waals surface area contributed by atoms with Gasteiger partial charge in [0.1, 0.15) is 39.5 Å². The predicted octanol–water partition coefficient (Wildman–Crippen LogP) is 4.81. The van der Waals surface area contributed by atoms with Crippen LogP contribution >= 0.6 is 23.2 Å². The molecule has 0 bridgehead atoms. The van der Waals surface area contributed by atoms with Gasteiger partial charge in [-0.15, -0.1) is 0 Å². The Morgan fingerprint density at radius 2 is 1.50 bits per heavy atom. The van der Waals surface area contributed by atoms with Crippen molar-refractivity contribution in [2.75, 3.05) is 17.3 Å². The minimum Gasteiger partial charge on any atom is -0.479 e. The van der Waals surface area contributed by atoms with Gasteiger partial charge in [-0.2, -0.15) is 0 Å². The number of rotatable bonds is 6. The summed E-state index contributed by atoms with van der Waals surface area (Å²) in [6.45, 7) is 4.21. The van der Waals surface area contributed by atoms with E-state index in [1.54, 1.807) is 4.68 Å². The van der Waals surface area contributed by atoms with Crippen LogP contribution in [0.5, 0.6) is 11.5 Å². The number of carbonyl (C=O) groups is 3. The average molecular weight is 788 g/mol. The van der Waals surface area contributed by atoms with Gasteiger partial charge in [-0.05, 0) is 57.6 Å². The maximum absolute atomic E-state index is 16.0. The van der Waals surface area contributed by atoms with E-state index in [0.717, 1.165) is 25.0 Å². The molecule has 2 aromatic carbocycles. The molecule has 4 aliphatic heterocycles. The Labute approximate surface area is 315 Å². The van der Waals surface area contributed by atoms with E-state index in [9.17, 15) is 24.0 Å². The van der Waals surface area contributed by atoms with Gasteiger partial charge in [0.2, 0.25) is 0 Å². The Bertz CT molecular complexity index is 2400. The van der Waals surface area contributed by atoms with Gasteiger partial charge in [-0.1, -0.05) is 23.2 Å². The predicted molar refractivity (Wildman–Crippen MR) is 192 cm³/mol. The van der Waals surface area contributed by atoms with E-state index < -0.39 is 58.8 Å². The Morgan fingerprint density at radius 1 is 0.889 bits per heavy atom. The van der Waals surface area contributed by atoms with Crippen molar-refractivity contribution in [3.63, 3.8) is 0 Å². The first kappa shape index (κ1) is 35.9. The molecule has 1 N–H and O–H groups in total. The van der Waals surface area contributed by atoms with Gasteiger partial charge in [-0.3, -0.25) is 33.4 Å². The minimum atomic E-state index is -1.20. The fourth-order valence-corrected chi connectivity index (χ4v) is 8.53.